The second kappa shape index (κ2) is 7.34. The number of carbonyl (C=O) groups excluding carboxylic acids is 1. The van der Waals surface area contributed by atoms with Crippen LogP contribution in [0.4, 0.5) is 0 Å². The molecule has 1 aliphatic heterocycles. The highest BCUT2D eigenvalue weighted by molar-refractivity contribution is 9.10. The summed E-state index contributed by atoms with van der Waals surface area (Å²) < 4.78 is 0.872. The first-order chi connectivity index (χ1) is 10.8. The van der Waals surface area contributed by atoms with Crippen LogP contribution < -0.4 is 0 Å². The molecule has 0 bridgehead atoms. The molecule has 0 aliphatic carbocycles. The van der Waals surface area contributed by atoms with E-state index >= 15 is 0 Å². The molecule has 1 fully saturated rings. The zero-order valence-electron chi connectivity index (χ0n) is 12.2. The smallest absolute Gasteiger partial charge is 0.255 e. The minimum atomic E-state index is 0.127. The van der Waals surface area contributed by atoms with Crippen molar-refractivity contribution in [1.29, 1.82) is 0 Å². The van der Waals surface area contributed by atoms with E-state index in [9.17, 15) is 4.79 Å². The summed E-state index contributed by atoms with van der Waals surface area (Å²) in [5.74, 6) is 1.11. The highest BCUT2D eigenvalue weighted by Crippen LogP contribution is 2.34. The molecule has 1 heterocycles. The predicted molar refractivity (Wildman–Crippen MR) is 96.3 cm³/mol. The SMILES string of the molecule is O=C(c1ccccc1Br)N1CCSC(c2ccccc2)CC1. The van der Waals surface area contributed by atoms with Crippen LogP contribution in [0.2, 0.25) is 0 Å². The van der Waals surface area contributed by atoms with Crippen molar-refractivity contribution in [1.82, 2.24) is 4.90 Å². The number of hydrogen-bond donors (Lipinski definition) is 0. The molecule has 4 heteroatoms. The van der Waals surface area contributed by atoms with Gasteiger partial charge in [-0.05, 0) is 40.0 Å². The van der Waals surface area contributed by atoms with Crippen molar-refractivity contribution in [2.75, 3.05) is 18.8 Å². The van der Waals surface area contributed by atoms with Crippen molar-refractivity contribution in [2.45, 2.75) is 11.7 Å². The average Bonchev–Trinajstić information content (AvgIpc) is 2.81. The van der Waals surface area contributed by atoms with Gasteiger partial charge in [-0.15, -0.1) is 0 Å². The van der Waals surface area contributed by atoms with Crippen molar-refractivity contribution in [3.63, 3.8) is 0 Å². The molecule has 2 aromatic rings. The van der Waals surface area contributed by atoms with Crippen LogP contribution in [0.3, 0.4) is 0 Å². The summed E-state index contributed by atoms with van der Waals surface area (Å²) in [7, 11) is 0. The third-order valence-electron chi connectivity index (χ3n) is 3.90. The number of carbonyl (C=O) groups is 1. The van der Waals surface area contributed by atoms with Gasteiger partial charge < -0.3 is 4.90 Å². The summed E-state index contributed by atoms with van der Waals surface area (Å²) >= 11 is 5.43. The van der Waals surface area contributed by atoms with Crippen LogP contribution in [0.25, 0.3) is 0 Å². The van der Waals surface area contributed by atoms with Gasteiger partial charge >= 0.3 is 0 Å². The lowest BCUT2D eigenvalue weighted by molar-refractivity contribution is 0.0765. The van der Waals surface area contributed by atoms with E-state index in [4.69, 9.17) is 0 Å². The van der Waals surface area contributed by atoms with Crippen molar-refractivity contribution in [2.24, 2.45) is 0 Å². The quantitative estimate of drug-likeness (QED) is 0.753. The van der Waals surface area contributed by atoms with E-state index in [0.717, 1.165) is 35.3 Å². The van der Waals surface area contributed by atoms with Crippen LogP contribution >= 0.6 is 27.7 Å². The first kappa shape index (κ1) is 15.6. The number of benzene rings is 2. The maximum Gasteiger partial charge on any atom is 0.255 e. The van der Waals surface area contributed by atoms with Crippen LogP contribution in [0, 0.1) is 0 Å². The van der Waals surface area contributed by atoms with E-state index in [1.54, 1.807) is 0 Å². The van der Waals surface area contributed by atoms with Crippen molar-refractivity contribution < 1.29 is 4.79 Å². The predicted octanol–water partition coefficient (Wildman–Crippen LogP) is 4.77. The second-order valence-corrected chi connectivity index (χ2v) is 7.50. The Balaban J connectivity index is 1.70. The average molecular weight is 376 g/mol. The number of halogens is 1. The molecule has 0 spiro atoms. The zero-order valence-corrected chi connectivity index (χ0v) is 14.6. The lowest BCUT2D eigenvalue weighted by Crippen LogP contribution is -2.33. The highest BCUT2D eigenvalue weighted by atomic mass is 79.9. The Bertz CT molecular complexity index is 647. The highest BCUT2D eigenvalue weighted by Gasteiger charge is 2.23. The fourth-order valence-corrected chi connectivity index (χ4v) is 4.40. The molecule has 0 radical (unpaired) electrons. The van der Waals surface area contributed by atoms with Crippen LogP contribution in [0.15, 0.2) is 59.1 Å². The van der Waals surface area contributed by atoms with Gasteiger partial charge in [-0.25, -0.2) is 0 Å². The lowest BCUT2D eigenvalue weighted by atomic mass is 10.1. The van der Waals surface area contributed by atoms with Gasteiger partial charge in [0.25, 0.3) is 5.91 Å². The molecule has 1 unspecified atom stereocenters. The molecule has 114 valence electrons. The first-order valence-electron chi connectivity index (χ1n) is 7.46. The molecule has 22 heavy (non-hydrogen) atoms. The molecule has 2 aromatic carbocycles. The Morgan fingerprint density at radius 3 is 2.55 bits per heavy atom. The number of nitrogens with zero attached hydrogens (tertiary/aromatic N) is 1. The topological polar surface area (TPSA) is 20.3 Å². The number of hydrogen-bond acceptors (Lipinski definition) is 2. The van der Waals surface area contributed by atoms with E-state index in [2.05, 4.69) is 40.2 Å². The van der Waals surface area contributed by atoms with Crippen molar-refractivity contribution in [3.05, 3.63) is 70.2 Å². The molecule has 1 aliphatic rings. The molecule has 0 N–H and O–H groups in total. The first-order valence-corrected chi connectivity index (χ1v) is 9.30. The Morgan fingerprint density at radius 2 is 1.77 bits per heavy atom. The van der Waals surface area contributed by atoms with Crippen molar-refractivity contribution >= 4 is 33.6 Å². The van der Waals surface area contributed by atoms with Crippen LogP contribution in [-0.4, -0.2) is 29.6 Å². The molecule has 2 nitrogen and oxygen atoms in total. The molecular formula is C18H18BrNOS. The molecular weight excluding hydrogens is 358 g/mol. The number of amides is 1. The molecule has 3 rings (SSSR count). The van der Waals surface area contributed by atoms with Gasteiger partial charge in [-0.1, -0.05) is 42.5 Å². The summed E-state index contributed by atoms with van der Waals surface area (Å²) in [6.07, 6.45) is 1.00. The normalized spacial score (nSPS) is 18.8. The van der Waals surface area contributed by atoms with E-state index in [1.165, 1.54) is 5.56 Å². The van der Waals surface area contributed by atoms with Gasteiger partial charge in [0.15, 0.2) is 0 Å². The van der Waals surface area contributed by atoms with Gasteiger partial charge in [0.2, 0.25) is 0 Å². The summed E-state index contributed by atoms with van der Waals surface area (Å²) in [5.41, 5.74) is 2.12. The van der Waals surface area contributed by atoms with E-state index in [-0.39, 0.29) is 5.91 Å². The Hall–Kier alpha value is -1.26. The summed E-state index contributed by atoms with van der Waals surface area (Å²) in [5, 5.41) is 0.484. The molecule has 1 amide bonds. The minimum Gasteiger partial charge on any atom is -0.338 e. The van der Waals surface area contributed by atoms with E-state index < -0.39 is 0 Å². The fraction of sp³-hybridized carbons (Fsp3) is 0.278. The largest absolute Gasteiger partial charge is 0.338 e. The molecule has 0 aromatic heterocycles. The fourth-order valence-electron chi connectivity index (χ4n) is 2.71. The standard InChI is InChI=1S/C18H18BrNOS/c19-16-9-5-4-8-15(16)18(21)20-11-10-17(22-13-12-20)14-6-2-1-3-7-14/h1-9,17H,10-13H2. The van der Waals surface area contributed by atoms with Gasteiger partial charge in [-0.2, -0.15) is 11.8 Å². The molecule has 1 atom stereocenters. The zero-order chi connectivity index (χ0) is 15.4. The minimum absolute atomic E-state index is 0.127. The van der Waals surface area contributed by atoms with Gasteiger partial charge in [0, 0.05) is 28.6 Å². The lowest BCUT2D eigenvalue weighted by Gasteiger charge is -2.21. The third-order valence-corrected chi connectivity index (χ3v) is 5.92. The van der Waals surface area contributed by atoms with Crippen molar-refractivity contribution in [3.8, 4) is 0 Å². The van der Waals surface area contributed by atoms with Gasteiger partial charge in [0.05, 0.1) is 5.56 Å². The number of rotatable bonds is 2. The second-order valence-electron chi connectivity index (χ2n) is 5.33. The van der Waals surface area contributed by atoms with E-state index in [0.29, 0.717) is 5.25 Å². The Kier molecular flexibility index (Phi) is 5.21. The maximum absolute atomic E-state index is 12.7. The summed E-state index contributed by atoms with van der Waals surface area (Å²) in [6, 6.07) is 18.3. The maximum atomic E-state index is 12.7. The van der Waals surface area contributed by atoms with Crippen LogP contribution in [0.5, 0.6) is 0 Å². The third kappa shape index (κ3) is 3.55. The van der Waals surface area contributed by atoms with Gasteiger partial charge in [0.1, 0.15) is 0 Å². The molecule has 0 saturated carbocycles. The van der Waals surface area contributed by atoms with Gasteiger partial charge in [-0.3, -0.25) is 4.79 Å². The monoisotopic (exact) mass is 375 g/mol. The Morgan fingerprint density at radius 1 is 1.05 bits per heavy atom. The van der Waals surface area contributed by atoms with E-state index in [1.807, 2.05) is 47.0 Å². The number of thioether (sulfide) groups is 1. The molecule has 1 saturated heterocycles. The van der Waals surface area contributed by atoms with Crippen LogP contribution in [0.1, 0.15) is 27.6 Å². The summed E-state index contributed by atoms with van der Waals surface area (Å²) in [6.45, 7) is 1.63. The van der Waals surface area contributed by atoms with Crippen LogP contribution in [-0.2, 0) is 0 Å². The summed E-state index contributed by atoms with van der Waals surface area (Å²) in [4.78, 5) is 14.7. The Labute approximate surface area is 144 Å².